The van der Waals surface area contributed by atoms with Gasteiger partial charge < -0.3 is 29.7 Å². The zero-order valence-electron chi connectivity index (χ0n) is 31.9. The summed E-state index contributed by atoms with van der Waals surface area (Å²) in [6, 6.07) is 1.65. The molecule has 5 aliphatic rings. The van der Waals surface area contributed by atoms with E-state index in [0.29, 0.717) is 35.8 Å². The van der Waals surface area contributed by atoms with Gasteiger partial charge in [0.2, 0.25) is 22.7 Å². The van der Waals surface area contributed by atoms with Gasteiger partial charge in [0.05, 0.1) is 31.8 Å². The van der Waals surface area contributed by atoms with Gasteiger partial charge in [-0.3, -0.25) is 14.4 Å². The molecule has 0 spiro atoms. The van der Waals surface area contributed by atoms with Crippen LogP contribution in [-0.4, -0.2) is 91.1 Å². The van der Waals surface area contributed by atoms with Crippen molar-refractivity contribution in [2.75, 3.05) is 20.3 Å². The Morgan fingerprint density at radius 1 is 1.11 bits per heavy atom. The van der Waals surface area contributed by atoms with E-state index in [2.05, 4.69) is 15.6 Å². The Bertz CT molecular complexity index is 2060. The van der Waals surface area contributed by atoms with E-state index < -0.39 is 80.2 Å². The molecular formula is C39H49F2N5O9S. The molecule has 2 aromatic rings. The molecule has 17 heteroatoms. The fourth-order valence-corrected chi connectivity index (χ4v) is 9.08. The Kier molecular flexibility index (Phi) is 10.5. The molecular weight excluding hydrogens is 753 g/mol. The van der Waals surface area contributed by atoms with Crippen molar-refractivity contribution in [3.63, 3.8) is 0 Å². The first-order chi connectivity index (χ1) is 26.5. The van der Waals surface area contributed by atoms with Crippen LogP contribution in [0.3, 0.4) is 0 Å². The number of aromatic nitrogens is 1. The summed E-state index contributed by atoms with van der Waals surface area (Å²) in [6.45, 7) is 5.92. The predicted molar refractivity (Wildman–Crippen MR) is 199 cm³/mol. The number of hydrogen-bond acceptors (Lipinski definition) is 10. The number of pyridine rings is 1. The fourth-order valence-electron chi connectivity index (χ4n) is 7.83. The van der Waals surface area contributed by atoms with Gasteiger partial charge in [-0.1, -0.05) is 32.9 Å². The summed E-state index contributed by atoms with van der Waals surface area (Å²) in [5.74, 6) is -3.48. The first-order valence-electron chi connectivity index (χ1n) is 19.2. The molecule has 1 saturated heterocycles. The van der Waals surface area contributed by atoms with E-state index >= 15 is 0 Å². The van der Waals surface area contributed by atoms with Gasteiger partial charge >= 0.3 is 6.09 Å². The van der Waals surface area contributed by atoms with E-state index in [4.69, 9.17) is 14.2 Å². The van der Waals surface area contributed by atoms with Crippen molar-refractivity contribution in [2.24, 2.45) is 23.2 Å². The Balaban J connectivity index is 1.21. The van der Waals surface area contributed by atoms with E-state index in [0.717, 1.165) is 12.8 Å². The van der Waals surface area contributed by atoms with E-state index in [1.807, 2.05) is 31.6 Å². The second-order valence-electron chi connectivity index (χ2n) is 16.7. The predicted octanol–water partition coefficient (Wildman–Crippen LogP) is 4.42. The molecule has 0 unspecified atom stereocenters. The molecule has 1 aromatic carbocycles. The van der Waals surface area contributed by atoms with Gasteiger partial charge in [0, 0.05) is 36.0 Å². The number of ether oxygens (including phenoxy) is 3. The van der Waals surface area contributed by atoms with E-state index in [9.17, 15) is 36.4 Å². The summed E-state index contributed by atoms with van der Waals surface area (Å²) in [6.07, 6.45) is 6.53. The van der Waals surface area contributed by atoms with Crippen molar-refractivity contribution in [2.45, 2.75) is 107 Å². The molecule has 14 nitrogen and oxygen atoms in total. The minimum Gasteiger partial charge on any atom is -0.494 e. The van der Waals surface area contributed by atoms with Gasteiger partial charge in [0.25, 0.3) is 15.9 Å². The van der Waals surface area contributed by atoms with Crippen molar-refractivity contribution < 1.29 is 50.6 Å². The minimum atomic E-state index is -4.69. The molecule has 0 radical (unpaired) electrons. The van der Waals surface area contributed by atoms with Crippen molar-refractivity contribution in [1.82, 2.24) is 25.2 Å². The van der Waals surface area contributed by atoms with Crippen LogP contribution in [0.4, 0.5) is 13.6 Å². The van der Waals surface area contributed by atoms with Crippen LogP contribution in [0.1, 0.15) is 78.6 Å². The third-order valence-electron chi connectivity index (χ3n) is 12.0. The number of fused-ring (bicyclic) bond motifs is 3. The Hall–Kier alpha value is -4.54. The van der Waals surface area contributed by atoms with Gasteiger partial charge in [-0.25, -0.2) is 31.7 Å². The normalized spacial score (nSPS) is 31.4. The summed E-state index contributed by atoms with van der Waals surface area (Å²) in [5.41, 5.74) is -1.84. The number of rotatable bonds is 9. The maximum Gasteiger partial charge on any atom is 0.407 e. The summed E-state index contributed by atoms with van der Waals surface area (Å²) >= 11 is 0. The van der Waals surface area contributed by atoms with Crippen molar-refractivity contribution in [3.8, 4) is 11.6 Å². The summed E-state index contributed by atoms with van der Waals surface area (Å²) in [5, 5.41) is 3.78. The number of carbonyl (C=O) groups is 4. The van der Waals surface area contributed by atoms with Crippen LogP contribution in [-0.2, 0) is 29.1 Å². The standard InChI is InChI=1S/C39H49F2N5O9S/c1-22-7-5-6-8-24-18-39(24,35(49)45-56(51,52)38(41)13-14-38)44-32(47)29-17-26(55-33-28-16-25(40)9-10-27(28)30(53-4)19-42-33)20-46(29)34(48)31(23(2)15-22)43-36(50)54-21-37(3)11-12-37/h6,8-10,16,19,22-24,26,29,31H,5,7,11-15,17-18,20-21H2,1-4H3,(H,43,50)(H,44,47)(H,45,49)/b8-6-/t22-,23-,24-,26-,29+,31+,39-/m1/s1. The lowest BCUT2D eigenvalue weighted by molar-refractivity contribution is -0.142. The number of alkyl halides is 1. The van der Waals surface area contributed by atoms with Gasteiger partial charge in [-0.2, -0.15) is 0 Å². The second kappa shape index (κ2) is 14.8. The van der Waals surface area contributed by atoms with Crippen LogP contribution in [0.25, 0.3) is 10.8 Å². The van der Waals surface area contributed by atoms with Crippen LogP contribution in [0.2, 0.25) is 0 Å². The maximum absolute atomic E-state index is 14.8. The molecule has 56 heavy (non-hydrogen) atoms. The topological polar surface area (TPSA) is 182 Å². The summed E-state index contributed by atoms with van der Waals surface area (Å²) < 4.78 is 74.1. The molecule has 0 bridgehead atoms. The van der Waals surface area contributed by atoms with Gasteiger partial charge in [-0.15, -0.1) is 0 Å². The number of sulfonamides is 1. The SMILES string of the molecule is COc1cnc(O[C@@H]2C[C@H]3C(=O)N[C@]4(C(=O)NS(=O)(=O)C5(F)CC5)C[C@H]4/C=C\CC[C@@H](C)C[C@@H](C)[C@H](NC(=O)OCC4(C)CC4)C(=O)N3C2)c2cc(F)ccc12. The van der Waals surface area contributed by atoms with E-state index in [1.165, 1.54) is 36.4 Å². The number of nitrogens with zero attached hydrogens (tertiary/aromatic N) is 2. The minimum absolute atomic E-state index is 0.0311. The molecule has 7 rings (SSSR count). The number of amides is 4. The van der Waals surface area contributed by atoms with Crippen molar-refractivity contribution >= 4 is 44.6 Å². The highest BCUT2D eigenvalue weighted by molar-refractivity contribution is 7.91. The number of benzene rings is 1. The van der Waals surface area contributed by atoms with Crippen LogP contribution in [0.15, 0.2) is 36.5 Å². The number of methoxy groups -OCH3 is 1. The monoisotopic (exact) mass is 801 g/mol. The molecule has 1 aromatic heterocycles. The Labute approximate surface area is 324 Å². The smallest absolute Gasteiger partial charge is 0.407 e. The number of alkyl carbamates (subject to hydrolysis) is 1. The number of nitrogens with one attached hydrogen (secondary N) is 3. The lowest BCUT2D eigenvalue weighted by Crippen LogP contribution is -2.59. The zero-order chi connectivity index (χ0) is 40.2. The molecule has 3 aliphatic carbocycles. The highest BCUT2D eigenvalue weighted by Gasteiger charge is 2.64. The molecule has 7 atom stereocenters. The lowest BCUT2D eigenvalue weighted by Gasteiger charge is -2.32. The largest absolute Gasteiger partial charge is 0.494 e. The second-order valence-corrected chi connectivity index (χ2v) is 18.7. The summed E-state index contributed by atoms with van der Waals surface area (Å²) in [7, 11) is -3.24. The van der Waals surface area contributed by atoms with Crippen LogP contribution in [0, 0.1) is 29.0 Å². The van der Waals surface area contributed by atoms with Crippen LogP contribution >= 0.6 is 0 Å². The molecule has 4 fully saturated rings. The Morgan fingerprint density at radius 2 is 1.86 bits per heavy atom. The summed E-state index contributed by atoms with van der Waals surface area (Å²) in [4.78, 5) is 61.8. The third kappa shape index (κ3) is 8.00. The quantitative estimate of drug-likeness (QED) is 0.307. The van der Waals surface area contributed by atoms with Crippen molar-refractivity contribution in [1.29, 1.82) is 0 Å². The first-order valence-corrected chi connectivity index (χ1v) is 20.7. The molecule has 4 amide bonds. The average molecular weight is 802 g/mol. The lowest BCUT2D eigenvalue weighted by atomic mass is 9.88. The van der Waals surface area contributed by atoms with Crippen molar-refractivity contribution in [3.05, 3.63) is 42.4 Å². The number of allylic oxidation sites excluding steroid dienone is 1. The number of hydrogen-bond donors (Lipinski definition) is 3. The Morgan fingerprint density at radius 3 is 2.55 bits per heavy atom. The highest BCUT2D eigenvalue weighted by Crippen LogP contribution is 2.48. The number of carbonyl (C=O) groups excluding carboxylic acids is 4. The fraction of sp³-hybridized carbons (Fsp3) is 0.615. The molecule has 3 saturated carbocycles. The van der Waals surface area contributed by atoms with Gasteiger partial charge in [0.15, 0.2) is 0 Å². The van der Waals surface area contributed by atoms with E-state index in [-0.39, 0.29) is 56.0 Å². The molecule has 3 heterocycles. The average Bonchev–Trinajstić information content (AvgIpc) is 4.11. The van der Waals surface area contributed by atoms with Crippen LogP contribution < -0.4 is 24.8 Å². The van der Waals surface area contributed by atoms with Gasteiger partial charge in [-0.05, 0) is 68.6 Å². The number of halogens is 2. The first kappa shape index (κ1) is 39.7. The van der Waals surface area contributed by atoms with E-state index in [1.54, 1.807) is 6.08 Å². The molecule has 304 valence electrons. The van der Waals surface area contributed by atoms with Gasteiger partial charge in [0.1, 0.15) is 35.3 Å². The zero-order valence-corrected chi connectivity index (χ0v) is 32.8. The molecule has 3 N–H and O–H groups in total. The maximum atomic E-state index is 14.8. The van der Waals surface area contributed by atoms with Crippen LogP contribution in [0.5, 0.6) is 11.6 Å². The highest BCUT2D eigenvalue weighted by atomic mass is 32.2. The third-order valence-corrected chi connectivity index (χ3v) is 13.8. The molecule has 2 aliphatic heterocycles.